The van der Waals surface area contributed by atoms with Gasteiger partial charge in [-0.1, -0.05) is 60.7 Å². The lowest BCUT2D eigenvalue weighted by Crippen LogP contribution is -2.27. The smallest absolute Gasteiger partial charge is 0.251 e. The molecule has 28 heavy (non-hydrogen) atoms. The second-order valence-electron chi connectivity index (χ2n) is 6.40. The first-order chi connectivity index (χ1) is 13.4. The van der Waals surface area contributed by atoms with Gasteiger partial charge in [-0.15, -0.1) is 0 Å². The first-order valence-corrected chi connectivity index (χ1v) is 10.3. The number of nitrogens with one attached hydrogen (secondary N) is 1. The summed E-state index contributed by atoms with van der Waals surface area (Å²) < 4.78 is 27.8. The standard InChI is InChI=1S/C22H22N2O3S/c1-23-22(25)19-14-12-17(13-15-19)16-24(2)28(26,27)21-11-7-6-10-20(21)18-8-4-3-5-9-18/h3-15H,16H2,1-2H3,(H,23,25). The highest BCUT2D eigenvalue weighted by atomic mass is 32.2. The number of carbonyl (C=O) groups excluding carboxylic acids is 1. The van der Waals surface area contributed by atoms with Gasteiger partial charge in [0.15, 0.2) is 0 Å². The Hall–Kier alpha value is -2.96. The minimum Gasteiger partial charge on any atom is -0.355 e. The van der Waals surface area contributed by atoms with Crippen molar-refractivity contribution in [3.8, 4) is 11.1 Å². The molecule has 0 saturated heterocycles. The van der Waals surface area contributed by atoms with Crippen LogP contribution in [0.25, 0.3) is 11.1 Å². The summed E-state index contributed by atoms with van der Waals surface area (Å²) in [4.78, 5) is 11.9. The Bertz CT molecular complexity index is 1060. The van der Waals surface area contributed by atoms with Crippen molar-refractivity contribution in [2.24, 2.45) is 0 Å². The van der Waals surface area contributed by atoms with Crippen molar-refractivity contribution in [1.29, 1.82) is 0 Å². The van der Waals surface area contributed by atoms with E-state index in [4.69, 9.17) is 0 Å². The molecule has 0 radical (unpaired) electrons. The van der Waals surface area contributed by atoms with Gasteiger partial charge in [0.25, 0.3) is 5.91 Å². The summed E-state index contributed by atoms with van der Waals surface area (Å²) in [5, 5.41) is 2.56. The van der Waals surface area contributed by atoms with E-state index in [-0.39, 0.29) is 17.3 Å². The zero-order valence-corrected chi connectivity index (χ0v) is 16.6. The van der Waals surface area contributed by atoms with E-state index in [0.29, 0.717) is 11.1 Å². The van der Waals surface area contributed by atoms with Gasteiger partial charge in [-0.3, -0.25) is 4.79 Å². The summed E-state index contributed by atoms with van der Waals surface area (Å²) >= 11 is 0. The van der Waals surface area contributed by atoms with Gasteiger partial charge in [-0.05, 0) is 29.3 Å². The van der Waals surface area contributed by atoms with E-state index >= 15 is 0 Å². The molecule has 0 saturated carbocycles. The zero-order valence-electron chi connectivity index (χ0n) is 15.8. The molecule has 144 valence electrons. The molecule has 0 aliphatic rings. The molecule has 0 spiro atoms. The van der Waals surface area contributed by atoms with Crippen molar-refractivity contribution in [3.63, 3.8) is 0 Å². The van der Waals surface area contributed by atoms with E-state index < -0.39 is 10.0 Å². The van der Waals surface area contributed by atoms with Crippen LogP contribution in [0.4, 0.5) is 0 Å². The third kappa shape index (κ3) is 4.13. The Labute approximate surface area is 165 Å². The van der Waals surface area contributed by atoms with Gasteiger partial charge in [0.1, 0.15) is 0 Å². The maximum absolute atomic E-state index is 13.2. The molecule has 0 atom stereocenters. The molecule has 1 N–H and O–H groups in total. The lowest BCUT2D eigenvalue weighted by atomic mass is 10.1. The van der Waals surface area contributed by atoms with Crippen LogP contribution in [0.15, 0.2) is 83.8 Å². The van der Waals surface area contributed by atoms with Crippen LogP contribution in [0, 0.1) is 0 Å². The number of carbonyl (C=O) groups is 1. The Balaban J connectivity index is 1.88. The van der Waals surface area contributed by atoms with Crippen molar-refractivity contribution in [2.75, 3.05) is 14.1 Å². The van der Waals surface area contributed by atoms with Gasteiger partial charge < -0.3 is 5.32 Å². The third-order valence-corrected chi connectivity index (χ3v) is 6.37. The van der Waals surface area contributed by atoms with Crippen LogP contribution in [0.3, 0.4) is 0 Å². The molecular weight excluding hydrogens is 372 g/mol. The fourth-order valence-electron chi connectivity index (χ4n) is 2.96. The first kappa shape index (κ1) is 19.8. The Morgan fingerprint density at radius 3 is 2.14 bits per heavy atom. The van der Waals surface area contributed by atoms with Gasteiger partial charge >= 0.3 is 0 Å². The maximum atomic E-state index is 13.2. The fraction of sp³-hybridized carbons (Fsp3) is 0.136. The van der Waals surface area contributed by atoms with Crippen molar-refractivity contribution < 1.29 is 13.2 Å². The van der Waals surface area contributed by atoms with Crippen molar-refractivity contribution in [3.05, 3.63) is 90.0 Å². The molecule has 0 aliphatic carbocycles. The number of hydrogen-bond donors (Lipinski definition) is 1. The zero-order chi connectivity index (χ0) is 20.1. The molecule has 6 heteroatoms. The summed E-state index contributed by atoms with van der Waals surface area (Å²) in [7, 11) is -0.564. The number of benzene rings is 3. The molecule has 0 unspecified atom stereocenters. The Morgan fingerprint density at radius 1 is 0.893 bits per heavy atom. The first-order valence-electron chi connectivity index (χ1n) is 8.85. The number of sulfonamides is 1. The molecule has 3 aromatic carbocycles. The highest BCUT2D eigenvalue weighted by Gasteiger charge is 2.24. The molecule has 3 aromatic rings. The topological polar surface area (TPSA) is 66.5 Å². The number of rotatable bonds is 6. The van der Waals surface area contributed by atoms with Gasteiger partial charge in [-0.2, -0.15) is 4.31 Å². The van der Waals surface area contributed by atoms with Gasteiger partial charge in [0, 0.05) is 31.8 Å². The van der Waals surface area contributed by atoms with Crippen LogP contribution >= 0.6 is 0 Å². The minimum atomic E-state index is -3.69. The molecule has 0 bridgehead atoms. The van der Waals surface area contributed by atoms with Gasteiger partial charge in [0.2, 0.25) is 10.0 Å². The van der Waals surface area contributed by atoms with Crippen LogP contribution < -0.4 is 5.32 Å². The summed E-state index contributed by atoms with van der Waals surface area (Å²) in [6.45, 7) is 0.208. The van der Waals surface area contributed by atoms with Crippen LogP contribution in [-0.2, 0) is 16.6 Å². The number of amides is 1. The molecule has 3 rings (SSSR count). The molecule has 0 heterocycles. The van der Waals surface area contributed by atoms with E-state index in [2.05, 4.69) is 5.32 Å². The second kappa shape index (κ2) is 8.37. The van der Waals surface area contributed by atoms with Gasteiger partial charge in [-0.25, -0.2) is 8.42 Å². The molecule has 5 nitrogen and oxygen atoms in total. The SMILES string of the molecule is CNC(=O)c1ccc(CN(C)S(=O)(=O)c2ccccc2-c2ccccc2)cc1. The highest BCUT2D eigenvalue weighted by molar-refractivity contribution is 7.89. The van der Waals surface area contributed by atoms with Crippen LogP contribution in [0.5, 0.6) is 0 Å². The normalized spacial score (nSPS) is 11.4. The Kier molecular flexibility index (Phi) is 5.92. The lowest BCUT2D eigenvalue weighted by molar-refractivity contribution is 0.0963. The predicted molar refractivity (Wildman–Crippen MR) is 110 cm³/mol. The number of hydrogen-bond acceptors (Lipinski definition) is 3. The Morgan fingerprint density at radius 2 is 1.50 bits per heavy atom. The summed E-state index contributed by atoms with van der Waals surface area (Å²) in [5.74, 6) is -0.177. The predicted octanol–water partition coefficient (Wildman–Crippen LogP) is 3.53. The summed E-state index contributed by atoms with van der Waals surface area (Å²) in [6, 6.07) is 23.4. The summed E-state index contributed by atoms with van der Waals surface area (Å²) in [5.41, 5.74) is 2.86. The molecule has 0 aromatic heterocycles. The molecule has 0 fully saturated rings. The van der Waals surface area contributed by atoms with Crippen molar-refractivity contribution in [1.82, 2.24) is 9.62 Å². The molecule has 1 amide bonds. The lowest BCUT2D eigenvalue weighted by Gasteiger charge is -2.19. The van der Waals surface area contributed by atoms with E-state index in [1.807, 2.05) is 42.5 Å². The molecule has 0 aliphatic heterocycles. The second-order valence-corrected chi connectivity index (χ2v) is 8.41. The largest absolute Gasteiger partial charge is 0.355 e. The average Bonchev–Trinajstić information content (AvgIpc) is 2.74. The van der Waals surface area contributed by atoms with Gasteiger partial charge in [0.05, 0.1) is 4.90 Å². The van der Waals surface area contributed by atoms with Crippen LogP contribution in [0.2, 0.25) is 0 Å². The molecular formula is C22H22N2O3S. The maximum Gasteiger partial charge on any atom is 0.251 e. The highest BCUT2D eigenvalue weighted by Crippen LogP contribution is 2.29. The van der Waals surface area contributed by atoms with Crippen molar-refractivity contribution in [2.45, 2.75) is 11.4 Å². The van der Waals surface area contributed by atoms with E-state index in [1.165, 1.54) is 4.31 Å². The fourth-order valence-corrected chi connectivity index (χ4v) is 4.33. The van der Waals surface area contributed by atoms with Crippen molar-refractivity contribution >= 4 is 15.9 Å². The quantitative estimate of drug-likeness (QED) is 0.695. The van der Waals surface area contributed by atoms with E-state index in [0.717, 1.165) is 11.1 Å². The van der Waals surface area contributed by atoms with Crippen LogP contribution in [-0.4, -0.2) is 32.7 Å². The van der Waals surface area contributed by atoms with Crippen LogP contribution in [0.1, 0.15) is 15.9 Å². The summed E-state index contributed by atoms with van der Waals surface area (Å²) in [6.07, 6.45) is 0. The number of nitrogens with zero attached hydrogens (tertiary/aromatic N) is 1. The minimum absolute atomic E-state index is 0.177. The van der Waals surface area contributed by atoms with E-state index in [1.54, 1.807) is 50.5 Å². The van der Waals surface area contributed by atoms with E-state index in [9.17, 15) is 13.2 Å². The average molecular weight is 394 g/mol. The third-order valence-electron chi connectivity index (χ3n) is 4.51. The monoisotopic (exact) mass is 394 g/mol.